The van der Waals surface area contributed by atoms with Crippen molar-refractivity contribution in [2.45, 2.75) is 26.7 Å². The molecule has 2 aromatic heterocycles. The Hall–Kier alpha value is -2.58. The zero-order chi connectivity index (χ0) is 19.0. The number of nitrogens with zero attached hydrogens (tertiary/aromatic N) is 5. The summed E-state index contributed by atoms with van der Waals surface area (Å²) in [5.74, 6) is 1.60. The standard InChI is InChI=1S/C19H22FN5O2/c1-12-13(2)21-11-22-19(12)25-7-5-24(6-8-25)10-17-23-15-4-3-14(18(20)26)9-16(15)27-17/h3-4,9,11,18,26H,5-8,10H2,1-2H3. The number of hydrogen-bond acceptors (Lipinski definition) is 7. The van der Waals surface area contributed by atoms with Crippen LogP contribution in [0.1, 0.15) is 29.1 Å². The minimum Gasteiger partial charge on any atom is -0.439 e. The number of aliphatic hydroxyl groups excluding tert-OH is 1. The Morgan fingerprint density at radius 1 is 1.19 bits per heavy atom. The highest BCUT2D eigenvalue weighted by molar-refractivity contribution is 5.73. The smallest absolute Gasteiger partial charge is 0.222 e. The van der Waals surface area contributed by atoms with E-state index in [2.05, 4.69) is 31.7 Å². The number of aliphatic hydroxyl groups is 1. The Kier molecular flexibility index (Phi) is 4.75. The lowest BCUT2D eigenvalue weighted by atomic mass is 10.2. The van der Waals surface area contributed by atoms with Crippen LogP contribution in [0.15, 0.2) is 28.9 Å². The van der Waals surface area contributed by atoms with E-state index in [1.54, 1.807) is 12.4 Å². The maximum atomic E-state index is 13.0. The number of hydrogen-bond donors (Lipinski definition) is 1. The molecule has 4 rings (SSSR count). The Bertz CT molecular complexity index is 950. The lowest BCUT2D eigenvalue weighted by Crippen LogP contribution is -2.46. The molecular weight excluding hydrogens is 349 g/mol. The van der Waals surface area contributed by atoms with Crippen molar-refractivity contribution in [2.75, 3.05) is 31.1 Å². The van der Waals surface area contributed by atoms with Crippen LogP contribution in [0, 0.1) is 13.8 Å². The second-order valence-corrected chi connectivity index (χ2v) is 6.84. The summed E-state index contributed by atoms with van der Waals surface area (Å²) in [4.78, 5) is 17.7. The maximum absolute atomic E-state index is 13.0. The lowest BCUT2D eigenvalue weighted by molar-refractivity contribution is 0.0411. The highest BCUT2D eigenvalue weighted by Crippen LogP contribution is 2.24. The van der Waals surface area contributed by atoms with Crippen LogP contribution in [-0.4, -0.2) is 51.1 Å². The molecule has 1 aliphatic heterocycles. The number of fused-ring (bicyclic) bond motifs is 1. The molecule has 3 aromatic rings. The van der Waals surface area contributed by atoms with Crippen molar-refractivity contribution in [3.8, 4) is 0 Å². The van der Waals surface area contributed by atoms with Crippen molar-refractivity contribution < 1.29 is 13.9 Å². The Morgan fingerprint density at radius 2 is 1.96 bits per heavy atom. The van der Waals surface area contributed by atoms with Gasteiger partial charge in [-0.1, -0.05) is 6.07 Å². The number of halogens is 1. The molecule has 0 saturated carbocycles. The molecule has 142 valence electrons. The zero-order valence-corrected chi connectivity index (χ0v) is 15.4. The average molecular weight is 371 g/mol. The number of oxazole rings is 1. The van der Waals surface area contributed by atoms with E-state index in [0.29, 0.717) is 23.5 Å². The van der Waals surface area contributed by atoms with Crippen LogP contribution in [0.5, 0.6) is 0 Å². The Balaban J connectivity index is 1.42. The third kappa shape index (κ3) is 3.63. The number of rotatable bonds is 4. The number of piperazine rings is 1. The van der Waals surface area contributed by atoms with Crippen LogP contribution in [-0.2, 0) is 6.54 Å². The van der Waals surface area contributed by atoms with Crippen LogP contribution in [0.2, 0.25) is 0 Å². The average Bonchev–Trinajstić information content (AvgIpc) is 3.06. The van der Waals surface area contributed by atoms with Crippen molar-refractivity contribution in [3.63, 3.8) is 0 Å². The van der Waals surface area contributed by atoms with Gasteiger partial charge in [-0.15, -0.1) is 0 Å². The van der Waals surface area contributed by atoms with E-state index in [0.717, 1.165) is 43.3 Å². The molecule has 1 unspecified atom stereocenters. The summed E-state index contributed by atoms with van der Waals surface area (Å²) in [6, 6.07) is 4.68. The summed E-state index contributed by atoms with van der Waals surface area (Å²) in [6.07, 6.45) is -0.393. The Labute approximate surface area is 156 Å². The molecule has 0 bridgehead atoms. The summed E-state index contributed by atoms with van der Waals surface area (Å²) in [5, 5.41) is 9.06. The third-order valence-corrected chi connectivity index (χ3v) is 5.07. The van der Waals surface area contributed by atoms with Gasteiger partial charge in [0.25, 0.3) is 0 Å². The molecular formula is C19H22FN5O2. The first-order chi connectivity index (χ1) is 13.0. The summed E-state index contributed by atoms with van der Waals surface area (Å²) in [6.45, 7) is 8.13. The van der Waals surface area contributed by atoms with Crippen LogP contribution >= 0.6 is 0 Å². The van der Waals surface area contributed by atoms with Gasteiger partial charge >= 0.3 is 0 Å². The summed E-state index contributed by atoms with van der Waals surface area (Å²) >= 11 is 0. The van der Waals surface area contributed by atoms with Gasteiger partial charge in [-0.25, -0.2) is 19.3 Å². The summed E-state index contributed by atoms with van der Waals surface area (Å²) < 4.78 is 18.8. The predicted octanol–water partition coefficient (Wildman–Crippen LogP) is 2.52. The van der Waals surface area contributed by atoms with Crippen LogP contribution in [0.4, 0.5) is 10.2 Å². The monoisotopic (exact) mass is 371 g/mol. The molecule has 1 aliphatic rings. The van der Waals surface area contributed by atoms with Gasteiger partial charge in [0, 0.05) is 43.0 Å². The van der Waals surface area contributed by atoms with E-state index in [-0.39, 0.29) is 5.56 Å². The molecule has 1 fully saturated rings. The molecule has 3 heterocycles. The number of aryl methyl sites for hydroxylation is 1. The molecule has 7 nitrogen and oxygen atoms in total. The fourth-order valence-corrected chi connectivity index (χ4v) is 3.36. The second-order valence-electron chi connectivity index (χ2n) is 6.84. The Morgan fingerprint density at radius 3 is 2.70 bits per heavy atom. The molecule has 8 heteroatoms. The molecule has 1 N–H and O–H groups in total. The van der Waals surface area contributed by atoms with Gasteiger partial charge in [-0.05, 0) is 26.0 Å². The van der Waals surface area contributed by atoms with E-state index in [1.807, 2.05) is 6.92 Å². The van der Waals surface area contributed by atoms with Gasteiger partial charge in [-0.2, -0.15) is 0 Å². The van der Waals surface area contributed by atoms with Gasteiger partial charge in [0.1, 0.15) is 17.7 Å². The number of alkyl halides is 1. The van der Waals surface area contributed by atoms with E-state index in [4.69, 9.17) is 9.52 Å². The lowest BCUT2D eigenvalue weighted by Gasteiger charge is -2.35. The third-order valence-electron chi connectivity index (χ3n) is 5.07. The topological polar surface area (TPSA) is 78.5 Å². The molecule has 0 radical (unpaired) electrons. The molecule has 0 aliphatic carbocycles. The van der Waals surface area contributed by atoms with Crippen molar-refractivity contribution in [3.05, 3.63) is 47.2 Å². The summed E-state index contributed by atoms with van der Waals surface area (Å²) in [5.41, 5.74) is 3.46. The van der Waals surface area contributed by atoms with E-state index in [9.17, 15) is 4.39 Å². The number of benzene rings is 1. The van der Waals surface area contributed by atoms with Crippen molar-refractivity contribution in [1.29, 1.82) is 0 Å². The fourth-order valence-electron chi connectivity index (χ4n) is 3.36. The van der Waals surface area contributed by atoms with Gasteiger partial charge in [0.2, 0.25) is 12.2 Å². The summed E-state index contributed by atoms with van der Waals surface area (Å²) in [7, 11) is 0. The molecule has 27 heavy (non-hydrogen) atoms. The van der Waals surface area contributed by atoms with Crippen LogP contribution in [0.25, 0.3) is 11.1 Å². The highest BCUT2D eigenvalue weighted by Gasteiger charge is 2.21. The molecule has 1 aromatic carbocycles. The number of aromatic nitrogens is 3. The minimum absolute atomic E-state index is 0.175. The molecule has 0 spiro atoms. The van der Waals surface area contributed by atoms with Crippen molar-refractivity contribution in [1.82, 2.24) is 19.9 Å². The quantitative estimate of drug-likeness (QED) is 0.755. The van der Waals surface area contributed by atoms with Crippen LogP contribution in [0.3, 0.4) is 0 Å². The van der Waals surface area contributed by atoms with Crippen molar-refractivity contribution >= 4 is 16.9 Å². The SMILES string of the molecule is Cc1ncnc(N2CCN(Cc3nc4ccc(C(O)F)cc4o3)CC2)c1C. The molecule has 1 saturated heterocycles. The van der Waals surface area contributed by atoms with Gasteiger partial charge in [-0.3, -0.25) is 4.90 Å². The van der Waals surface area contributed by atoms with Gasteiger partial charge in [0.05, 0.1) is 6.54 Å². The number of anilines is 1. The van der Waals surface area contributed by atoms with Crippen LogP contribution < -0.4 is 4.90 Å². The first kappa shape index (κ1) is 17.8. The highest BCUT2D eigenvalue weighted by atomic mass is 19.1. The largest absolute Gasteiger partial charge is 0.439 e. The van der Waals surface area contributed by atoms with E-state index >= 15 is 0 Å². The zero-order valence-electron chi connectivity index (χ0n) is 15.4. The molecule has 0 amide bonds. The second kappa shape index (κ2) is 7.21. The first-order valence-electron chi connectivity index (χ1n) is 8.98. The van der Waals surface area contributed by atoms with Gasteiger partial charge in [0.15, 0.2) is 5.58 Å². The normalized spacial score (nSPS) is 16.8. The first-order valence-corrected chi connectivity index (χ1v) is 8.98. The van der Waals surface area contributed by atoms with Gasteiger partial charge < -0.3 is 14.4 Å². The predicted molar refractivity (Wildman–Crippen MR) is 99.1 cm³/mol. The fraction of sp³-hybridized carbons (Fsp3) is 0.421. The minimum atomic E-state index is -2.01. The van der Waals surface area contributed by atoms with E-state index in [1.165, 1.54) is 12.1 Å². The van der Waals surface area contributed by atoms with Crippen molar-refractivity contribution in [2.24, 2.45) is 0 Å². The van der Waals surface area contributed by atoms with E-state index < -0.39 is 6.36 Å². The maximum Gasteiger partial charge on any atom is 0.222 e. The molecule has 1 atom stereocenters.